The SMILES string of the molecule is O=C(NC1(C(=O)NNc2ccc(F)cc2)CCC1)c1nccnc1C(F)(F)F. The normalized spacial score (nSPS) is 15.3. The molecule has 0 radical (unpaired) electrons. The number of alkyl halides is 3. The molecule has 1 aliphatic carbocycles. The molecule has 148 valence electrons. The summed E-state index contributed by atoms with van der Waals surface area (Å²) in [6.45, 7) is 0. The molecule has 11 heteroatoms. The number of benzene rings is 1. The van der Waals surface area contributed by atoms with Crippen molar-refractivity contribution in [3.8, 4) is 0 Å². The predicted molar refractivity (Wildman–Crippen MR) is 89.2 cm³/mol. The van der Waals surface area contributed by atoms with E-state index in [2.05, 4.69) is 26.1 Å². The van der Waals surface area contributed by atoms with E-state index in [4.69, 9.17) is 0 Å². The molecule has 1 fully saturated rings. The molecule has 1 aliphatic rings. The number of nitrogens with zero attached hydrogens (tertiary/aromatic N) is 2. The van der Waals surface area contributed by atoms with E-state index in [1.807, 2.05) is 0 Å². The van der Waals surface area contributed by atoms with Gasteiger partial charge < -0.3 is 5.32 Å². The van der Waals surface area contributed by atoms with E-state index in [9.17, 15) is 27.2 Å². The molecular formula is C17H15F4N5O2. The van der Waals surface area contributed by atoms with E-state index in [-0.39, 0.29) is 12.8 Å². The summed E-state index contributed by atoms with van der Waals surface area (Å²) in [5, 5.41) is 2.35. The number of halogens is 4. The molecule has 2 amide bonds. The maximum absolute atomic E-state index is 13.0. The fourth-order valence-electron chi connectivity index (χ4n) is 2.71. The fraction of sp³-hybridized carbons (Fsp3) is 0.294. The molecular weight excluding hydrogens is 382 g/mol. The molecule has 0 bridgehead atoms. The highest BCUT2D eigenvalue weighted by atomic mass is 19.4. The monoisotopic (exact) mass is 397 g/mol. The van der Waals surface area contributed by atoms with E-state index in [1.165, 1.54) is 24.3 Å². The van der Waals surface area contributed by atoms with Gasteiger partial charge in [0.05, 0.1) is 5.69 Å². The lowest BCUT2D eigenvalue weighted by molar-refractivity contribution is -0.141. The quantitative estimate of drug-likeness (QED) is 0.532. The number of carbonyl (C=O) groups is 2. The van der Waals surface area contributed by atoms with Crippen molar-refractivity contribution in [2.75, 3.05) is 5.43 Å². The van der Waals surface area contributed by atoms with Gasteiger partial charge in [-0.15, -0.1) is 0 Å². The number of rotatable bonds is 5. The van der Waals surface area contributed by atoms with Crippen molar-refractivity contribution in [1.82, 2.24) is 20.7 Å². The van der Waals surface area contributed by atoms with Gasteiger partial charge in [0, 0.05) is 12.4 Å². The van der Waals surface area contributed by atoms with Gasteiger partial charge in [-0.25, -0.2) is 14.4 Å². The van der Waals surface area contributed by atoms with Crippen LogP contribution in [0, 0.1) is 5.82 Å². The van der Waals surface area contributed by atoms with Crippen LogP contribution >= 0.6 is 0 Å². The summed E-state index contributed by atoms with van der Waals surface area (Å²) in [6, 6.07) is 5.14. The van der Waals surface area contributed by atoms with Crippen LogP contribution in [0.3, 0.4) is 0 Å². The van der Waals surface area contributed by atoms with Crippen molar-refractivity contribution in [3.05, 3.63) is 53.9 Å². The Hall–Kier alpha value is -3.24. The largest absolute Gasteiger partial charge is 0.435 e. The predicted octanol–water partition coefficient (Wildman–Crippen LogP) is 2.43. The summed E-state index contributed by atoms with van der Waals surface area (Å²) in [6.07, 6.45) is -1.96. The molecule has 28 heavy (non-hydrogen) atoms. The first-order chi connectivity index (χ1) is 13.2. The summed E-state index contributed by atoms with van der Waals surface area (Å²) in [5.41, 5.74) is 1.64. The minimum atomic E-state index is -4.86. The first-order valence-corrected chi connectivity index (χ1v) is 8.24. The van der Waals surface area contributed by atoms with Crippen LogP contribution < -0.4 is 16.2 Å². The Morgan fingerprint density at radius 1 is 1.04 bits per heavy atom. The maximum atomic E-state index is 13.0. The molecule has 0 aliphatic heterocycles. The standard InChI is InChI=1S/C17H15F4N5O2/c18-10-2-4-11(5-3-10)25-26-15(28)16(6-1-7-16)24-14(27)12-13(17(19,20)21)23-9-8-22-12/h2-5,8-9,25H,1,6-7H2,(H,24,27)(H,26,28). The minimum Gasteiger partial charge on any atom is -0.336 e. The van der Waals surface area contributed by atoms with Crippen molar-refractivity contribution in [3.63, 3.8) is 0 Å². The van der Waals surface area contributed by atoms with Gasteiger partial charge in [-0.2, -0.15) is 13.2 Å². The third kappa shape index (κ3) is 4.02. The molecule has 0 spiro atoms. The highest BCUT2D eigenvalue weighted by Crippen LogP contribution is 2.34. The summed E-state index contributed by atoms with van der Waals surface area (Å²) in [7, 11) is 0. The van der Waals surface area contributed by atoms with Crippen LogP contribution in [-0.4, -0.2) is 27.3 Å². The van der Waals surface area contributed by atoms with E-state index < -0.39 is 40.7 Å². The summed E-state index contributed by atoms with van der Waals surface area (Å²) in [5.74, 6) is -2.23. The molecule has 2 aromatic rings. The van der Waals surface area contributed by atoms with E-state index in [0.717, 1.165) is 12.4 Å². The first-order valence-electron chi connectivity index (χ1n) is 8.24. The smallest absolute Gasteiger partial charge is 0.336 e. The zero-order valence-corrected chi connectivity index (χ0v) is 14.3. The van der Waals surface area contributed by atoms with Crippen LogP contribution in [0.15, 0.2) is 36.7 Å². The number of aromatic nitrogens is 2. The highest BCUT2D eigenvalue weighted by molar-refractivity contribution is 5.99. The van der Waals surface area contributed by atoms with Gasteiger partial charge >= 0.3 is 6.18 Å². The van der Waals surface area contributed by atoms with Gasteiger partial charge in [0.2, 0.25) is 0 Å². The third-order valence-corrected chi connectivity index (χ3v) is 4.34. The second-order valence-electron chi connectivity index (χ2n) is 6.23. The minimum absolute atomic E-state index is 0.247. The Bertz CT molecular complexity index is 882. The van der Waals surface area contributed by atoms with Gasteiger partial charge in [-0.05, 0) is 43.5 Å². The number of anilines is 1. The Balaban J connectivity index is 1.71. The molecule has 0 atom stereocenters. The molecule has 0 saturated heterocycles. The molecule has 3 N–H and O–H groups in total. The van der Waals surface area contributed by atoms with Crippen molar-refractivity contribution < 1.29 is 27.2 Å². The average molecular weight is 397 g/mol. The highest BCUT2D eigenvalue weighted by Gasteiger charge is 2.47. The Labute approximate surface area is 156 Å². The van der Waals surface area contributed by atoms with Crippen LogP contribution in [0.1, 0.15) is 35.4 Å². The zero-order valence-electron chi connectivity index (χ0n) is 14.3. The van der Waals surface area contributed by atoms with Crippen LogP contribution in [0.4, 0.5) is 23.2 Å². The van der Waals surface area contributed by atoms with Crippen LogP contribution in [0.5, 0.6) is 0 Å². The van der Waals surface area contributed by atoms with Gasteiger partial charge in [0.1, 0.15) is 11.4 Å². The first kappa shape index (κ1) is 19.5. The molecule has 1 aromatic carbocycles. The molecule has 1 aromatic heterocycles. The third-order valence-electron chi connectivity index (χ3n) is 4.34. The second kappa shape index (κ2) is 7.41. The second-order valence-corrected chi connectivity index (χ2v) is 6.23. The Morgan fingerprint density at radius 2 is 1.68 bits per heavy atom. The Kier molecular flexibility index (Phi) is 5.16. The number of amides is 2. The number of hydrogen-bond acceptors (Lipinski definition) is 5. The maximum Gasteiger partial charge on any atom is 0.435 e. The van der Waals surface area contributed by atoms with Gasteiger partial charge in [0.15, 0.2) is 11.4 Å². The summed E-state index contributed by atoms with van der Waals surface area (Å²) < 4.78 is 52.0. The van der Waals surface area contributed by atoms with E-state index >= 15 is 0 Å². The van der Waals surface area contributed by atoms with Crippen molar-refractivity contribution >= 4 is 17.5 Å². The Morgan fingerprint density at radius 3 is 2.25 bits per heavy atom. The van der Waals surface area contributed by atoms with Gasteiger partial charge in [-0.1, -0.05) is 0 Å². The summed E-state index contributed by atoms with van der Waals surface area (Å²) in [4.78, 5) is 31.5. The summed E-state index contributed by atoms with van der Waals surface area (Å²) >= 11 is 0. The number of carbonyl (C=O) groups excluding carboxylic acids is 2. The molecule has 7 nitrogen and oxygen atoms in total. The number of nitrogens with one attached hydrogen (secondary N) is 3. The van der Waals surface area contributed by atoms with Gasteiger partial charge in [-0.3, -0.25) is 20.4 Å². The van der Waals surface area contributed by atoms with Crippen molar-refractivity contribution in [2.45, 2.75) is 31.0 Å². The molecule has 0 unspecified atom stereocenters. The van der Waals surface area contributed by atoms with E-state index in [0.29, 0.717) is 12.1 Å². The van der Waals surface area contributed by atoms with Gasteiger partial charge in [0.25, 0.3) is 11.8 Å². The topological polar surface area (TPSA) is 96.0 Å². The lowest BCUT2D eigenvalue weighted by Crippen LogP contribution is -2.63. The molecule has 1 saturated carbocycles. The zero-order chi connectivity index (χ0) is 20.4. The van der Waals surface area contributed by atoms with E-state index in [1.54, 1.807) is 0 Å². The van der Waals surface area contributed by atoms with Crippen LogP contribution in [0.25, 0.3) is 0 Å². The lowest BCUT2D eigenvalue weighted by Gasteiger charge is -2.40. The molecule has 1 heterocycles. The van der Waals surface area contributed by atoms with Crippen LogP contribution in [-0.2, 0) is 11.0 Å². The number of hydrogen-bond donors (Lipinski definition) is 3. The lowest BCUT2D eigenvalue weighted by atomic mass is 9.76. The average Bonchev–Trinajstić information content (AvgIpc) is 2.63. The fourth-order valence-corrected chi connectivity index (χ4v) is 2.71. The number of hydrazine groups is 1. The van der Waals surface area contributed by atoms with Crippen molar-refractivity contribution in [1.29, 1.82) is 0 Å². The molecule has 3 rings (SSSR count). The van der Waals surface area contributed by atoms with Crippen LogP contribution in [0.2, 0.25) is 0 Å². The van der Waals surface area contributed by atoms with Crippen molar-refractivity contribution in [2.24, 2.45) is 0 Å².